The molecule has 0 spiro atoms. The van der Waals surface area contributed by atoms with Gasteiger partial charge in [-0.25, -0.2) is 4.98 Å². The van der Waals surface area contributed by atoms with Crippen molar-refractivity contribution in [3.05, 3.63) is 35.8 Å². The maximum Gasteiger partial charge on any atom is 0.271 e. The molecule has 6 heteroatoms. The fraction of sp³-hybridized carbons (Fsp3) is 0.500. The molecule has 0 aromatic carbocycles. The summed E-state index contributed by atoms with van der Waals surface area (Å²) < 4.78 is 1.88. The minimum Gasteiger partial charge on any atom is -0.349 e. The number of nitrogens with zero attached hydrogens (tertiary/aromatic N) is 4. The van der Waals surface area contributed by atoms with Crippen LogP contribution in [0, 0.1) is 6.92 Å². The van der Waals surface area contributed by atoms with E-state index < -0.39 is 0 Å². The molecule has 6 nitrogen and oxygen atoms in total. The lowest BCUT2D eigenvalue weighted by Crippen LogP contribution is -2.46. The van der Waals surface area contributed by atoms with Crippen LogP contribution < -0.4 is 5.32 Å². The van der Waals surface area contributed by atoms with Gasteiger partial charge in [-0.3, -0.25) is 9.69 Å². The van der Waals surface area contributed by atoms with Gasteiger partial charge in [-0.05, 0) is 31.7 Å². The van der Waals surface area contributed by atoms with Crippen LogP contribution >= 0.6 is 0 Å². The first-order chi connectivity index (χ1) is 10.6. The van der Waals surface area contributed by atoms with Crippen molar-refractivity contribution >= 4 is 11.6 Å². The van der Waals surface area contributed by atoms with Crippen LogP contribution in [0.5, 0.6) is 0 Å². The first-order valence-electron chi connectivity index (χ1n) is 7.76. The van der Waals surface area contributed by atoms with E-state index in [0.717, 1.165) is 43.9 Å². The number of fused-ring (bicyclic) bond motifs is 1. The van der Waals surface area contributed by atoms with Crippen molar-refractivity contribution in [3.63, 3.8) is 0 Å². The molecule has 3 heterocycles. The minimum absolute atomic E-state index is 0.101. The van der Waals surface area contributed by atoms with Gasteiger partial charge in [0.15, 0.2) is 0 Å². The molecule has 0 unspecified atom stereocenters. The van der Waals surface area contributed by atoms with Gasteiger partial charge in [0, 0.05) is 51.7 Å². The van der Waals surface area contributed by atoms with Crippen molar-refractivity contribution in [2.45, 2.75) is 6.92 Å². The van der Waals surface area contributed by atoms with Gasteiger partial charge < -0.3 is 14.6 Å². The number of piperazine rings is 1. The Labute approximate surface area is 130 Å². The third kappa shape index (κ3) is 3.45. The molecule has 2 aromatic heterocycles. The third-order valence-electron chi connectivity index (χ3n) is 4.16. The highest BCUT2D eigenvalue weighted by molar-refractivity contribution is 5.92. The van der Waals surface area contributed by atoms with Crippen LogP contribution in [0.25, 0.3) is 5.65 Å². The molecule has 1 aliphatic rings. The van der Waals surface area contributed by atoms with Crippen molar-refractivity contribution in [3.8, 4) is 0 Å². The topological polar surface area (TPSA) is 52.9 Å². The second-order valence-corrected chi connectivity index (χ2v) is 6.00. The molecule has 0 radical (unpaired) electrons. The van der Waals surface area contributed by atoms with E-state index in [2.05, 4.69) is 27.1 Å². The van der Waals surface area contributed by atoms with Gasteiger partial charge >= 0.3 is 0 Å². The summed E-state index contributed by atoms with van der Waals surface area (Å²) in [4.78, 5) is 21.3. The highest BCUT2D eigenvalue weighted by atomic mass is 16.1. The van der Waals surface area contributed by atoms with E-state index in [0.29, 0.717) is 12.2 Å². The number of carbonyl (C=O) groups is 1. The molecule has 118 valence electrons. The summed E-state index contributed by atoms with van der Waals surface area (Å²) in [7, 11) is 2.14. The maximum atomic E-state index is 12.2. The standard InChI is InChI=1S/C16H23N5O/c1-13-3-5-21-12-14(18-15(21)11-13)16(22)17-4-6-20-9-7-19(2)8-10-20/h3,5,11-12H,4,6-10H2,1-2H3,(H,17,22). The van der Waals surface area contributed by atoms with E-state index in [1.807, 2.05) is 29.7 Å². The summed E-state index contributed by atoms with van der Waals surface area (Å²) >= 11 is 0. The number of nitrogens with one attached hydrogen (secondary N) is 1. The van der Waals surface area contributed by atoms with Crippen LogP contribution in [0.3, 0.4) is 0 Å². The monoisotopic (exact) mass is 301 g/mol. The number of rotatable bonds is 4. The highest BCUT2D eigenvalue weighted by Gasteiger charge is 2.14. The van der Waals surface area contributed by atoms with Gasteiger partial charge in [0.25, 0.3) is 5.91 Å². The zero-order valence-electron chi connectivity index (χ0n) is 13.2. The molecule has 1 saturated heterocycles. The zero-order valence-corrected chi connectivity index (χ0v) is 13.2. The van der Waals surface area contributed by atoms with E-state index in [1.165, 1.54) is 0 Å². The maximum absolute atomic E-state index is 12.2. The van der Waals surface area contributed by atoms with E-state index in [9.17, 15) is 4.79 Å². The lowest BCUT2D eigenvalue weighted by Gasteiger charge is -2.32. The number of aryl methyl sites for hydroxylation is 1. The van der Waals surface area contributed by atoms with Crippen molar-refractivity contribution in [1.29, 1.82) is 0 Å². The smallest absolute Gasteiger partial charge is 0.271 e. The lowest BCUT2D eigenvalue weighted by molar-refractivity contribution is 0.0936. The fourth-order valence-corrected chi connectivity index (χ4v) is 2.68. The fourth-order valence-electron chi connectivity index (χ4n) is 2.68. The molecule has 1 fully saturated rings. The Morgan fingerprint density at radius 1 is 1.32 bits per heavy atom. The predicted octanol–water partition coefficient (Wildman–Crippen LogP) is 0.620. The number of hydrogen-bond acceptors (Lipinski definition) is 4. The Morgan fingerprint density at radius 2 is 2.09 bits per heavy atom. The summed E-state index contributed by atoms with van der Waals surface area (Å²) in [6, 6.07) is 3.98. The highest BCUT2D eigenvalue weighted by Crippen LogP contribution is 2.07. The van der Waals surface area contributed by atoms with Gasteiger partial charge in [0.2, 0.25) is 0 Å². The summed E-state index contributed by atoms with van der Waals surface area (Å²) in [6.45, 7) is 7.91. The number of hydrogen-bond donors (Lipinski definition) is 1. The van der Waals surface area contributed by atoms with Gasteiger partial charge in [0.1, 0.15) is 11.3 Å². The average Bonchev–Trinajstić information content (AvgIpc) is 2.92. The Hall–Kier alpha value is -1.92. The summed E-state index contributed by atoms with van der Waals surface area (Å²) in [6.07, 6.45) is 3.71. The van der Waals surface area contributed by atoms with Gasteiger partial charge in [-0.2, -0.15) is 0 Å². The number of likely N-dealkylation sites (N-methyl/N-ethyl adjacent to an activating group) is 1. The summed E-state index contributed by atoms with van der Waals surface area (Å²) in [5.74, 6) is -0.101. The normalized spacial score (nSPS) is 17.0. The average molecular weight is 301 g/mol. The zero-order chi connectivity index (χ0) is 15.5. The number of aromatic nitrogens is 2. The molecule has 1 amide bonds. The molecule has 1 N–H and O–H groups in total. The third-order valence-corrected chi connectivity index (χ3v) is 4.16. The quantitative estimate of drug-likeness (QED) is 0.899. The Kier molecular flexibility index (Phi) is 4.40. The van der Waals surface area contributed by atoms with Crippen LogP contribution in [-0.4, -0.2) is 71.4 Å². The van der Waals surface area contributed by atoms with E-state index in [-0.39, 0.29) is 5.91 Å². The molecular weight excluding hydrogens is 278 g/mol. The second kappa shape index (κ2) is 6.46. The largest absolute Gasteiger partial charge is 0.349 e. The minimum atomic E-state index is -0.101. The SMILES string of the molecule is Cc1ccn2cc(C(=O)NCCN3CCN(C)CC3)nc2c1. The summed E-state index contributed by atoms with van der Waals surface area (Å²) in [5, 5.41) is 2.96. The number of carbonyl (C=O) groups excluding carboxylic acids is 1. The van der Waals surface area contributed by atoms with Crippen LogP contribution in [0.4, 0.5) is 0 Å². The van der Waals surface area contributed by atoms with Crippen molar-refractivity contribution in [1.82, 2.24) is 24.5 Å². The predicted molar refractivity (Wildman–Crippen MR) is 86.2 cm³/mol. The molecule has 1 aliphatic heterocycles. The molecule has 0 aliphatic carbocycles. The molecular formula is C16H23N5O. The van der Waals surface area contributed by atoms with Gasteiger partial charge in [-0.1, -0.05) is 0 Å². The lowest BCUT2D eigenvalue weighted by atomic mass is 10.3. The van der Waals surface area contributed by atoms with E-state index in [4.69, 9.17) is 0 Å². The Balaban J connectivity index is 1.52. The van der Waals surface area contributed by atoms with E-state index >= 15 is 0 Å². The van der Waals surface area contributed by atoms with Gasteiger partial charge in [-0.15, -0.1) is 0 Å². The summed E-state index contributed by atoms with van der Waals surface area (Å²) in [5.41, 5.74) is 2.42. The number of amides is 1. The molecule has 0 atom stereocenters. The van der Waals surface area contributed by atoms with Crippen molar-refractivity contribution < 1.29 is 4.79 Å². The first kappa shape index (κ1) is 15.0. The van der Waals surface area contributed by atoms with Crippen LogP contribution in [0.2, 0.25) is 0 Å². The Bertz CT molecular complexity index is 658. The van der Waals surface area contributed by atoms with Gasteiger partial charge in [0.05, 0.1) is 0 Å². The molecule has 3 rings (SSSR count). The Morgan fingerprint density at radius 3 is 2.86 bits per heavy atom. The molecule has 2 aromatic rings. The van der Waals surface area contributed by atoms with Crippen molar-refractivity contribution in [2.75, 3.05) is 46.3 Å². The molecule has 0 bridgehead atoms. The van der Waals surface area contributed by atoms with Crippen LogP contribution in [-0.2, 0) is 0 Å². The van der Waals surface area contributed by atoms with E-state index in [1.54, 1.807) is 6.20 Å². The van der Waals surface area contributed by atoms with Crippen molar-refractivity contribution in [2.24, 2.45) is 0 Å². The second-order valence-electron chi connectivity index (χ2n) is 6.00. The van der Waals surface area contributed by atoms with Crippen LogP contribution in [0.1, 0.15) is 16.1 Å². The molecule has 22 heavy (non-hydrogen) atoms. The first-order valence-corrected chi connectivity index (χ1v) is 7.76. The number of pyridine rings is 1. The number of imidazole rings is 1. The molecule has 0 saturated carbocycles. The van der Waals surface area contributed by atoms with Crippen LogP contribution in [0.15, 0.2) is 24.5 Å².